The first-order valence-corrected chi connectivity index (χ1v) is 6.24. The molecule has 1 saturated heterocycles. The quantitative estimate of drug-likeness (QED) is 0.821. The van der Waals surface area contributed by atoms with Gasteiger partial charge in [0.15, 0.2) is 11.5 Å². The number of aliphatic hydroxyl groups is 1. The van der Waals surface area contributed by atoms with Crippen LogP contribution in [0.2, 0.25) is 0 Å². The van der Waals surface area contributed by atoms with Gasteiger partial charge in [0.1, 0.15) is 0 Å². The summed E-state index contributed by atoms with van der Waals surface area (Å²) in [6.45, 7) is 1.68. The number of hydrogen-bond donors (Lipinski definition) is 1. The first kappa shape index (κ1) is 12.0. The molecule has 0 bridgehead atoms. The van der Waals surface area contributed by atoms with Gasteiger partial charge >= 0.3 is 0 Å². The number of carbonyl (C=O) groups is 1. The van der Waals surface area contributed by atoms with Crippen LogP contribution in [0.5, 0.6) is 11.5 Å². The third kappa shape index (κ3) is 2.42. The van der Waals surface area contributed by atoms with Crippen LogP contribution in [0.1, 0.15) is 5.56 Å². The van der Waals surface area contributed by atoms with Crippen LogP contribution in [0.4, 0.5) is 0 Å². The van der Waals surface area contributed by atoms with E-state index >= 15 is 0 Å². The lowest BCUT2D eigenvalue weighted by molar-refractivity contribution is -0.132. The van der Waals surface area contributed by atoms with Crippen LogP contribution in [0.25, 0.3) is 6.08 Å². The van der Waals surface area contributed by atoms with Crippen LogP contribution >= 0.6 is 0 Å². The van der Waals surface area contributed by atoms with Crippen molar-refractivity contribution in [3.05, 3.63) is 29.8 Å². The Morgan fingerprint density at radius 3 is 2.95 bits per heavy atom. The van der Waals surface area contributed by atoms with Crippen molar-refractivity contribution in [3.63, 3.8) is 0 Å². The minimum atomic E-state index is -0.0256. The summed E-state index contributed by atoms with van der Waals surface area (Å²) in [5, 5.41) is 8.90. The number of nitrogens with zero attached hydrogens (tertiary/aromatic N) is 1. The molecule has 0 spiro atoms. The SMILES string of the molecule is O=C(C=Cc1ccc2c(c1)OCO2)N1CC(CO)C1. The summed E-state index contributed by atoms with van der Waals surface area (Å²) in [7, 11) is 0. The molecule has 0 unspecified atom stereocenters. The number of likely N-dealkylation sites (tertiary alicyclic amines) is 1. The summed E-state index contributed by atoms with van der Waals surface area (Å²) in [6, 6.07) is 5.56. The minimum Gasteiger partial charge on any atom is -0.454 e. The van der Waals surface area contributed by atoms with E-state index in [1.165, 1.54) is 0 Å². The second-order valence-corrected chi connectivity index (χ2v) is 4.74. The highest BCUT2D eigenvalue weighted by Gasteiger charge is 2.28. The van der Waals surface area contributed by atoms with Crippen molar-refractivity contribution < 1.29 is 19.4 Å². The monoisotopic (exact) mass is 261 g/mol. The van der Waals surface area contributed by atoms with Gasteiger partial charge in [0.2, 0.25) is 12.7 Å². The predicted molar refractivity (Wildman–Crippen MR) is 68.8 cm³/mol. The van der Waals surface area contributed by atoms with Crippen LogP contribution in [-0.4, -0.2) is 42.4 Å². The number of carbonyl (C=O) groups excluding carboxylic acids is 1. The Balaban J connectivity index is 1.62. The minimum absolute atomic E-state index is 0.0256. The summed E-state index contributed by atoms with van der Waals surface area (Å²) in [5.41, 5.74) is 0.900. The third-order valence-electron chi connectivity index (χ3n) is 3.34. The normalized spacial score (nSPS) is 17.8. The Kier molecular flexibility index (Phi) is 3.13. The lowest BCUT2D eigenvalue weighted by Crippen LogP contribution is -2.50. The average Bonchev–Trinajstić information content (AvgIpc) is 2.82. The van der Waals surface area contributed by atoms with Crippen LogP contribution < -0.4 is 9.47 Å². The number of ether oxygens (including phenoxy) is 2. The molecule has 2 aliphatic rings. The largest absolute Gasteiger partial charge is 0.454 e. The van der Waals surface area contributed by atoms with E-state index in [1.807, 2.05) is 18.2 Å². The molecular weight excluding hydrogens is 246 g/mol. The van der Waals surface area contributed by atoms with Crippen molar-refractivity contribution in [1.29, 1.82) is 0 Å². The molecule has 0 saturated carbocycles. The van der Waals surface area contributed by atoms with Crippen LogP contribution in [-0.2, 0) is 4.79 Å². The van der Waals surface area contributed by atoms with Crippen molar-refractivity contribution in [1.82, 2.24) is 4.90 Å². The smallest absolute Gasteiger partial charge is 0.246 e. The molecule has 1 N–H and O–H groups in total. The van der Waals surface area contributed by atoms with Gasteiger partial charge in [0, 0.05) is 31.7 Å². The molecule has 1 aromatic rings. The maximum absolute atomic E-state index is 11.8. The van der Waals surface area contributed by atoms with Crippen LogP contribution in [0.15, 0.2) is 24.3 Å². The van der Waals surface area contributed by atoms with E-state index in [1.54, 1.807) is 17.1 Å². The Labute approximate surface area is 111 Å². The van der Waals surface area contributed by atoms with Crippen LogP contribution in [0.3, 0.4) is 0 Å². The van der Waals surface area contributed by atoms with Gasteiger partial charge in [-0.3, -0.25) is 4.79 Å². The second-order valence-electron chi connectivity index (χ2n) is 4.74. The van der Waals surface area contributed by atoms with Gasteiger partial charge in [-0.2, -0.15) is 0 Å². The highest BCUT2D eigenvalue weighted by Crippen LogP contribution is 2.32. The van der Waals surface area contributed by atoms with E-state index in [9.17, 15) is 4.79 Å². The molecule has 1 amide bonds. The highest BCUT2D eigenvalue weighted by atomic mass is 16.7. The fourth-order valence-corrected chi connectivity index (χ4v) is 2.16. The lowest BCUT2D eigenvalue weighted by atomic mass is 10.0. The zero-order valence-corrected chi connectivity index (χ0v) is 10.4. The molecule has 5 heteroatoms. The van der Waals surface area contributed by atoms with E-state index in [4.69, 9.17) is 14.6 Å². The molecule has 0 aromatic heterocycles. The zero-order chi connectivity index (χ0) is 13.2. The van der Waals surface area contributed by atoms with Crippen molar-refractivity contribution >= 4 is 12.0 Å². The Bertz CT molecular complexity index is 520. The molecule has 3 rings (SSSR count). The van der Waals surface area contributed by atoms with Gasteiger partial charge in [0.25, 0.3) is 0 Å². The molecule has 19 heavy (non-hydrogen) atoms. The number of rotatable bonds is 3. The van der Waals surface area contributed by atoms with Crippen molar-refractivity contribution in [3.8, 4) is 11.5 Å². The maximum Gasteiger partial charge on any atom is 0.246 e. The van der Waals surface area contributed by atoms with Crippen molar-refractivity contribution in [2.75, 3.05) is 26.5 Å². The number of benzene rings is 1. The second kappa shape index (κ2) is 4.93. The summed E-state index contributed by atoms with van der Waals surface area (Å²) in [4.78, 5) is 13.5. The molecule has 0 aliphatic carbocycles. The van der Waals surface area contributed by atoms with E-state index in [0.717, 1.165) is 11.3 Å². The number of hydrogen-bond acceptors (Lipinski definition) is 4. The van der Waals surface area contributed by atoms with Gasteiger partial charge in [0.05, 0.1) is 0 Å². The summed E-state index contributed by atoms with van der Waals surface area (Å²) >= 11 is 0. The molecule has 2 aliphatic heterocycles. The Morgan fingerprint density at radius 1 is 1.37 bits per heavy atom. The van der Waals surface area contributed by atoms with Crippen molar-refractivity contribution in [2.45, 2.75) is 0 Å². The molecule has 0 atom stereocenters. The number of amides is 1. The summed E-state index contributed by atoms with van der Waals surface area (Å²) in [5.74, 6) is 1.65. The third-order valence-corrected chi connectivity index (χ3v) is 3.34. The maximum atomic E-state index is 11.8. The highest BCUT2D eigenvalue weighted by molar-refractivity contribution is 5.92. The van der Waals surface area contributed by atoms with Crippen molar-refractivity contribution in [2.24, 2.45) is 5.92 Å². The molecule has 1 fully saturated rings. The van der Waals surface area contributed by atoms with Gasteiger partial charge in [-0.05, 0) is 23.8 Å². The molecule has 5 nitrogen and oxygen atoms in total. The van der Waals surface area contributed by atoms with Gasteiger partial charge in [-0.1, -0.05) is 6.07 Å². The summed E-state index contributed by atoms with van der Waals surface area (Å²) in [6.07, 6.45) is 3.31. The topological polar surface area (TPSA) is 59.0 Å². The Hall–Kier alpha value is -2.01. The fourth-order valence-electron chi connectivity index (χ4n) is 2.16. The molecule has 0 radical (unpaired) electrons. The molecule has 2 heterocycles. The van der Waals surface area contributed by atoms with E-state index < -0.39 is 0 Å². The first-order chi connectivity index (χ1) is 9.26. The lowest BCUT2D eigenvalue weighted by Gasteiger charge is -2.37. The summed E-state index contributed by atoms with van der Waals surface area (Å²) < 4.78 is 10.5. The standard InChI is InChI=1S/C14H15NO4/c16-8-11-6-15(7-11)14(17)4-2-10-1-3-12-13(5-10)19-9-18-12/h1-5,11,16H,6-9H2. The van der Waals surface area contributed by atoms with E-state index in [2.05, 4.69) is 0 Å². The van der Waals surface area contributed by atoms with E-state index in [-0.39, 0.29) is 25.2 Å². The van der Waals surface area contributed by atoms with E-state index in [0.29, 0.717) is 18.8 Å². The van der Waals surface area contributed by atoms with Gasteiger partial charge < -0.3 is 19.5 Å². The fraction of sp³-hybridized carbons (Fsp3) is 0.357. The zero-order valence-electron chi connectivity index (χ0n) is 10.4. The predicted octanol–water partition coefficient (Wildman–Crippen LogP) is 0.879. The Morgan fingerprint density at radius 2 is 2.16 bits per heavy atom. The number of aliphatic hydroxyl groups excluding tert-OH is 1. The van der Waals surface area contributed by atoms with Crippen LogP contribution in [0, 0.1) is 5.92 Å². The number of fused-ring (bicyclic) bond motifs is 1. The van der Waals surface area contributed by atoms with Gasteiger partial charge in [-0.15, -0.1) is 0 Å². The molecular formula is C14H15NO4. The molecule has 1 aromatic carbocycles. The van der Waals surface area contributed by atoms with Gasteiger partial charge in [-0.25, -0.2) is 0 Å². The first-order valence-electron chi connectivity index (χ1n) is 6.24. The average molecular weight is 261 g/mol. The molecule has 100 valence electrons.